The second-order valence-corrected chi connectivity index (χ2v) is 0. The van der Waals surface area contributed by atoms with Crippen LogP contribution in [0.15, 0.2) is 0 Å². The zero-order valence-corrected chi connectivity index (χ0v) is 7.21. The SMILES string of the molecule is C.[O]=[Ti].[SnH2]. The van der Waals surface area contributed by atoms with Crippen molar-refractivity contribution < 1.29 is 23.7 Å². The molecule has 0 saturated carbocycles. The maximum atomic E-state index is 8.25. The van der Waals surface area contributed by atoms with E-state index in [0.29, 0.717) is 0 Å². The first-order valence-corrected chi connectivity index (χ1v) is 0.842. The fourth-order valence-corrected chi connectivity index (χ4v) is 0. The van der Waals surface area contributed by atoms with E-state index in [2.05, 4.69) is 0 Å². The topological polar surface area (TPSA) is 17.1 Å². The summed E-state index contributed by atoms with van der Waals surface area (Å²) >= 11 is 0.750. The molecule has 3 heteroatoms. The van der Waals surface area contributed by atoms with Gasteiger partial charge in [-0.3, -0.25) is 0 Å². The van der Waals surface area contributed by atoms with Gasteiger partial charge in [0.25, 0.3) is 0 Å². The van der Waals surface area contributed by atoms with E-state index in [1.807, 2.05) is 0 Å². The maximum absolute atomic E-state index is 8.25. The van der Waals surface area contributed by atoms with E-state index in [-0.39, 0.29) is 31.3 Å². The van der Waals surface area contributed by atoms with Crippen molar-refractivity contribution in [3.05, 3.63) is 0 Å². The van der Waals surface area contributed by atoms with Gasteiger partial charge in [-0.2, -0.15) is 0 Å². The summed E-state index contributed by atoms with van der Waals surface area (Å²) in [6.07, 6.45) is 0. The average molecular weight is 201 g/mol. The van der Waals surface area contributed by atoms with Crippen LogP contribution in [0.5, 0.6) is 0 Å². The van der Waals surface area contributed by atoms with Gasteiger partial charge in [0.1, 0.15) is 0 Å². The van der Waals surface area contributed by atoms with Gasteiger partial charge in [0.2, 0.25) is 0 Å². The van der Waals surface area contributed by atoms with Crippen LogP contribution in [0.4, 0.5) is 0 Å². The van der Waals surface area contributed by atoms with Crippen LogP contribution < -0.4 is 0 Å². The van der Waals surface area contributed by atoms with Crippen molar-refractivity contribution in [1.29, 1.82) is 0 Å². The van der Waals surface area contributed by atoms with Crippen molar-refractivity contribution in [2.45, 2.75) is 7.43 Å². The Bertz CT molecular complexity index is 8.00. The van der Waals surface area contributed by atoms with Crippen molar-refractivity contribution >= 4 is 23.9 Å². The fourth-order valence-electron chi connectivity index (χ4n) is 0. The molecule has 1 nitrogen and oxygen atoms in total. The van der Waals surface area contributed by atoms with Gasteiger partial charge in [0.05, 0.1) is 0 Å². The molecule has 2 radical (unpaired) electrons. The average Bonchev–Trinajstić information content (AvgIpc) is 1.00. The molecule has 0 aromatic heterocycles. The van der Waals surface area contributed by atoms with Gasteiger partial charge in [-0.15, -0.1) is 0 Å². The molecule has 0 rings (SSSR count). The molecule has 24 valence electrons. The van der Waals surface area contributed by atoms with Gasteiger partial charge in [-0.1, -0.05) is 7.43 Å². The van der Waals surface area contributed by atoms with Crippen LogP contribution in [0.2, 0.25) is 0 Å². The minimum atomic E-state index is 0. The molecule has 0 heterocycles. The van der Waals surface area contributed by atoms with E-state index in [4.69, 9.17) is 3.32 Å². The molecule has 0 bridgehead atoms. The molecular formula is CH6OSnTi. The molecule has 0 amide bonds. The molecule has 0 saturated heterocycles. The van der Waals surface area contributed by atoms with E-state index >= 15 is 0 Å². The normalized spacial score (nSPS) is 0.750. The van der Waals surface area contributed by atoms with Crippen LogP contribution in [0.1, 0.15) is 7.43 Å². The molecule has 0 aliphatic carbocycles. The second kappa shape index (κ2) is 27.5. The van der Waals surface area contributed by atoms with Crippen LogP contribution in [-0.2, 0) is 23.7 Å². The third-order valence-corrected chi connectivity index (χ3v) is 0. The fraction of sp³-hybridized carbons (Fsp3) is 1.00. The standard InChI is InChI=1S/CH4.O.Sn.Ti.2H/h1H4;;;;;. The summed E-state index contributed by atoms with van der Waals surface area (Å²) in [6, 6.07) is 0. The first-order valence-electron chi connectivity index (χ1n) is 0.204. The van der Waals surface area contributed by atoms with Crippen molar-refractivity contribution in [2.75, 3.05) is 0 Å². The Hall–Kier alpha value is 1.31. The molecule has 0 unspecified atom stereocenters. The Kier molecular flexibility index (Phi) is 127. The summed E-state index contributed by atoms with van der Waals surface area (Å²) in [5.41, 5.74) is 0. The van der Waals surface area contributed by atoms with Gasteiger partial charge in [-0.05, 0) is 0 Å². The summed E-state index contributed by atoms with van der Waals surface area (Å²) in [5.74, 6) is 0. The Morgan fingerprint density at radius 3 is 1.25 bits per heavy atom. The zero-order chi connectivity index (χ0) is 2.00. The third kappa shape index (κ3) is 10.3. The summed E-state index contributed by atoms with van der Waals surface area (Å²) in [4.78, 5) is 0. The monoisotopic (exact) mass is 202 g/mol. The Balaban J connectivity index is -0.00000000500. The molecule has 4 heavy (non-hydrogen) atoms. The predicted molar refractivity (Wildman–Crippen MR) is 16.0 cm³/mol. The van der Waals surface area contributed by atoms with Gasteiger partial charge < -0.3 is 0 Å². The molecule has 0 aliphatic rings. The van der Waals surface area contributed by atoms with Crippen LogP contribution in [0.25, 0.3) is 0 Å². The zero-order valence-electron chi connectivity index (χ0n) is 1.62. The first-order chi connectivity index (χ1) is 1.00. The number of hydrogen-bond acceptors (Lipinski definition) is 1. The van der Waals surface area contributed by atoms with Crippen molar-refractivity contribution in [2.24, 2.45) is 0 Å². The third-order valence-electron chi connectivity index (χ3n) is 0. The van der Waals surface area contributed by atoms with Gasteiger partial charge in [-0.25, -0.2) is 0 Å². The molecule has 0 atom stereocenters. The first kappa shape index (κ1) is 18.5. The van der Waals surface area contributed by atoms with Gasteiger partial charge in [0.15, 0.2) is 0 Å². The molecule has 0 fully saturated rings. The molecule has 0 spiro atoms. The molecule has 0 aromatic carbocycles. The van der Waals surface area contributed by atoms with Crippen LogP contribution in [0.3, 0.4) is 0 Å². The van der Waals surface area contributed by atoms with E-state index in [0.717, 1.165) is 20.4 Å². The van der Waals surface area contributed by atoms with Crippen LogP contribution >= 0.6 is 0 Å². The molecule has 0 aromatic rings. The van der Waals surface area contributed by atoms with Crippen LogP contribution in [-0.4, -0.2) is 23.9 Å². The molecular weight excluding hydrogens is 195 g/mol. The Morgan fingerprint density at radius 2 is 1.25 bits per heavy atom. The van der Waals surface area contributed by atoms with Crippen molar-refractivity contribution in [3.8, 4) is 0 Å². The van der Waals surface area contributed by atoms with Crippen molar-refractivity contribution in [3.63, 3.8) is 0 Å². The predicted octanol–water partition coefficient (Wildman–Crippen LogP) is -0.401. The quantitative estimate of drug-likeness (QED) is 0.487. The van der Waals surface area contributed by atoms with E-state index < -0.39 is 0 Å². The number of hydrogen-bond donors (Lipinski definition) is 0. The summed E-state index contributed by atoms with van der Waals surface area (Å²) in [7, 11) is 0. The van der Waals surface area contributed by atoms with Crippen molar-refractivity contribution in [1.82, 2.24) is 0 Å². The second-order valence-electron chi connectivity index (χ2n) is 0. The van der Waals surface area contributed by atoms with E-state index in [1.165, 1.54) is 0 Å². The van der Waals surface area contributed by atoms with E-state index in [1.54, 1.807) is 0 Å². The summed E-state index contributed by atoms with van der Waals surface area (Å²) in [6.45, 7) is 0. The summed E-state index contributed by atoms with van der Waals surface area (Å²) in [5, 5.41) is 0. The van der Waals surface area contributed by atoms with E-state index in [9.17, 15) is 0 Å². The minimum absolute atomic E-state index is 0. The summed E-state index contributed by atoms with van der Waals surface area (Å²) < 4.78 is 8.25. The van der Waals surface area contributed by atoms with Gasteiger partial charge in [0, 0.05) is 0 Å². The number of rotatable bonds is 0. The Morgan fingerprint density at radius 1 is 1.25 bits per heavy atom. The van der Waals surface area contributed by atoms with Crippen LogP contribution in [0, 0.1) is 0 Å². The molecule has 0 N–H and O–H groups in total. The Labute approximate surface area is 54.8 Å². The van der Waals surface area contributed by atoms with Gasteiger partial charge >= 0.3 is 47.6 Å². The molecule has 0 aliphatic heterocycles.